The van der Waals surface area contributed by atoms with Crippen molar-refractivity contribution in [3.8, 4) is 0 Å². The van der Waals surface area contributed by atoms with Crippen molar-refractivity contribution in [2.75, 3.05) is 7.05 Å². The van der Waals surface area contributed by atoms with Crippen molar-refractivity contribution in [1.29, 1.82) is 0 Å². The molecule has 0 saturated heterocycles. The normalized spacial score (nSPS) is 15.3. The first kappa shape index (κ1) is 12.2. The summed E-state index contributed by atoms with van der Waals surface area (Å²) in [6, 6.07) is 0.439. The van der Waals surface area contributed by atoms with Gasteiger partial charge < -0.3 is 5.32 Å². The molecule has 86 valence electrons. The summed E-state index contributed by atoms with van der Waals surface area (Å²) in [5, 5.41) is 7.68. The molecule has 15 heavy (non-hydrogen) atoms. The van der Waals surface area contributed by atoms with E-state index in [0.717, 1.165) is 5.92 Å². The van der Waals surface area contributed by atoms with Crippen LogP contribution in [0.5, 0.6) is 0 Å². The SMILES string of the molecule is CCC(C)CC(NC)c1cnn(C)c1C. The minimum Gasteiger partial charge on any atom is -0.313 e. The highest BCUT2D eigenvalue weighted by molar-refractivity contribution is 5.20. The van der Waals surface area contributed by atoms with Crippen LogP contribution in [0, 0.1) is 12.8 Å². The zero-order valence-corrected chi connectivity index (χ0v) is 10.5. The fraction of sp³-hybridized carbons (Fsp3) is 0.750. The first-order chi connectivity index (χ1) is 7.10. The summed E-state index contributed by atoms with van der Waals surface area (Å²) < 4.78 is 1.94. The van der Waals surface area contributed by atoms with E-state index in [1.807, 2.05) is 25.0 Å². The second kappa shape index (κ2) is 5.31. The van der Waals surface area contributed by atoms with Gasteiger partial charge in [0.15, 0.2) is 0 Å². The molecule has 0 aliphatic rings. The third kappa shape index (κ3) is 2.81. The van der Waals surface area contributed by atoms with Gasteiger partial charge in [0.25, 0.3) is 0 Å². The minimum absolute atomic E-state index is 0.439. The highest BCUT2D eigenvalue weighted by Gasteiger charge is 2.16. The van der Waals surface area contributed by atoms with Gasteiger partial charge in [-0.1, -0.05) is 20.3 Å². The van der Waals surface area contributed by atoms with Gasteiger partial charge >= 0.3 is 0 Å². The van der Waals surface area contributed by atoms with Crippen LogP contribution in [0.25, 0.3) is 0 Å². The van der Waals surface area contributed by atoms with Crippen LogP contribution < -0.4 is 5.32 Å². The number of hydrogen-bond donors (Lipinski definition) is 1. The number of nitrogens with zero attached hydrogens (tertiary/aromatic N) is 2. The molecule has 1 N–H and O–H groups in total. The summed E-state index contributed by atoms with van der Waals surface area (Å²) in [6.45, 7) is 6.67. The average Bonchev–Trinajstić information content (AvgIpc) is 2.56. The Morgan fingerprint density at radius 1 is 1.53 bits per heavy atom. The van der Waals surface area contributed by atoms with E-state index in [0.29, 0.717) is 6.04 Å². The Morgan fingerprint density at radius 3 is 2.60 bits per heavy atom. The van der Waals surface area contributed by atoms with E-state index in [2.05, 4.69) is 31.2 Å². The third-order valence-corrected chi connectivity index (χ3v) is 3.33. The molecule has 0 amide bonds. The van der Waals surface area contributed by atoms with Crippen LogP contribution in [-0.2, 0) is 7.05 Å². The molecule has 1 aromatic rings. The van der Waals surface area contributed by atoms with E-state index < -0.39 is 0 Å². The largest absolute Gasteiger partial charge is 0.313 e. The second-order valence-electron chi connectivity index (χ2n) is 4.40. The van der Waals surface area contributed by atoms with Gasteiger partial charge in [0.1, 0.15) is 0 Å². The summed E-state index contributed by atoms with van der Waals surface area (Å²) in [7, 11) is 4.02. The molecular weight excluding hydrogens is 186 g/mol. The fourth-order valence-corrected chi connectivity index (χ4v) is 1.83. The Labute approximate surface area is 92.9 Å². The van der Waals surface area contributed by atoms with E-state index >= 15 is 0 Å². The Hall–Kier alpha value is -0.830. The second-order valence-corrected chi connectivity index (χ2v) is 4.40. The molecule has 1 rings (SSSR count). The number of hydrogen-bond acceptors (Lipinski definition) is 2. The molecule has 0 aromatic carbocycles. The van der Waals surface area contributed by atoms with Crippen molar-refractivity contribution in [3.63, 3.8) is 0 Å². The lowest BCUT2D eigenvalue weighted by Crippen LogP contribution is -2.19. The first-order valence-electron chi connectivity index (χ1n) is 5.75. The van der Waals surface area contributed by atoms with Gasteiger partial charge in [-0.2, -0.15) is 5.10 Å². The lowest BCUT2D eigenvalue weighted by molar-refractivity contribution is 0.420. The van der Waals surface area contributed by atoms with Gasteiger partial charge in [-0.05, 0) is 26.3 Å². The Morgan fingerprint density at radius 2 is 2.20 bits per heavy atom. The third-order valence-electron chi connectivity index (χ3n) is 3.33. The summed E-state index contributed by atoms with van der Waals surface area (Å²) in [6.07, 6.45) is 4.40. The molecule has 2 atom stereocenters. The maximum Gasteiger partial charge on any atom is 0.0540 e. The topological polar surface area (TPSA) is 29.9 Å². The zero-order valence-electron chi connectivity index (χ0n) is 10.5. The van der Waals surface area contributed by atoms with Crippen molar-refractivity contribution >= 4 is 0 Å². The lowest BCUT2D eigenvalue weighted by Gasteiger charge is -2.19. The Bertz CT molecular complexity index is 304. The monoisotopic (exact) mass is 209 g/mol. The van der Waals surface area contributed by atoms with Crippen molar-refractivity contribution < 1.29 is 0 Å². The van der Waals surface area contributed by atoms with Crippen LogP contribution in [0.1, 0.15) is 44.0 Å². The van der Waals surface area contributed by atoms with Crippen LogP contribution in [0.15, 0.2) is 6.20 Å². The van der Waals surface area contributed by atoms with Crippen molar-refractivity contribution in [2.45, 2.75) is 39.7 Å². The maximum atomic E-state index is 4.29. The first-order valence-corrected chi connectivity index (χ1v) is 5.75. The van der Waals surface area contributed by atoms with Crippen LogP contribution in [0.2, 0.25) is 0 Å². The summed E-state index contributed by atoms with van der Waals surface area (Å²) in [5.74, 6) is 0.752. The fourth-order valence-electron chi connectivity index (χ4n) is 1.83. The highest BCUT2D eigenvalue weighted by atomic mass is 15.3. The van der Waals surface area contributed by atoms with Crippen molar-refractivity contribution in [2.24, 2.45) is 13.0 Å². The molecule has 0 saturated carbocycles. The van der Waals surface area contributed by atoms with Gasteiger partial charge in [0.2, 0.25) is 0 Å². The number of nitrogens with one attached hydrogen (secondary N) is 1. The Kier molecular flexibility index (Phi) is 4.33. The summed E-state index contributed by atoms with van der Waals surface area (Å²) in [4.78, 5) is 0. The van der Waals surface area contributed by atoms with Crippen LogP contribution in [-0.4, -0.2) is 16.8 Å². The molecule has 0 aliphatic heterocycles. The minimum atomic E-state index is 0.439. The van der Waals surface area contributed by atoms with Crippen LogP contribution in [0.3, 0.4) is 0 Å². The molecule has 1 heterocycles. The molecule has 1 aromatic heterocycles. The van der Waals surface area contributed by atoms with Gasteiger partial charge in [-0.25, -0.2) is 0 Å². The molecule has 0 radical (unpaired) electrons. The van der Waals surface area contributed by atoms with E-state index in [1.54, 1.807) is 0 Å². The predicted octanol–water partition coefficient (Wildman–Crippen LogP) is 2.43. The quantitative estimate of drug-likeness (QED) is 0.807. The molecule has 0 fully saturated rings. The van der Waals surface area contributed by atoms with E-state index in [4.69, 9.17) is 0 Å². The number of rotatable bonds is 5. The molecule has 2 unspecified atom stereocenters. The Balaban J connectivity index is 2.78. The smallest absolute Gasteiger partial charge is 0.0540 e. The van der Waals surface area contributed by atoms with E-state index in [-0.39, 0.29) is 0 Å². The number of aromatic nitrogens is 2. The van der Waals surface area contributed by atoms with E-state index in [1.165, 1.54) is 24.1 Å². The predicted molar refractivity (Wildman–Crippen MR) is 63.8 cm³/mol. The molecule has 3 nitrogen and oxygen atoms in total. The van der Waals surface area contributed by atoms with Gasteiger partial charge in [0.05, 0.1) is 6.20 Å². The van der Waals surface area contributed by atoms with E-state index in [9.17, 15) is 0 Å². The number of aryl methyl sites for hydroxylation is 1. The molecule has 3 heteroatoms. The highest BCUT2D eigenvalue weighted by Crippen LogP contribution is 2.24. The summed E-state index contributed by atoms with van der Waals surface area (Å²) >= 11 is 0. The molecule has 0 bridgehead atoms. The maximum absolute atomic E-state index is 4.29. The van der Waals surface area contributed by atoms with Crippen LogP contribution >= 0.6 is 0 Å². The molecule has 0 spiro atoms. The standard InChI is InChI=1S/C12H23N3/c1-6-9(2)7-12(13-4)11-8-14-15(5)10(11)3/h8-9,12-13H,6-7H2,1-5H3. The van der Waals surface area contributed by atoms with Crippen molar-refractivity contribution in [1.82, 2.24) is 15.1 Å². The zero-order chi connectivity index (χ0) is 11.4. The van der Waals surface area contributed by atoms with Gasteiger partial charge in [-0.15, -0.1) is 0 Å². The average molecular weight is 209 g/mol. The van der Waals surface area contributed by atoms with Crippen LogP contribution in [0.4, 0.5) is 0 Å². The lowest BCUT2D eigenvalue weighted by atomic mass is 9.95. The van der Waals surface area contributed by atoms with Gasteiger partial charge in [0, 0.05) is 24.3 Å². The summed E-state index contributed by atoms with van der Waals surface area (Å²) in [5.41, 5.74) is 2.60. The molecular formula is C12H23N3. The molecule has 0 aliphatic carbocycles. The van der Waals surface area contributed by atoms with Crippen molar-refractivity contribution in [3.05, 3.63) is 17.5 Å². The van der Waals surface area contributed by atoms with Gasteiger partial charge in [-0.3, -0.25) is 4.68 Å².